The summed E-state index contributed by atoms with van der Waals surface area (Å²) in [5, 5.41) is 13.8. The summed E-state index contributed by atoms with van der Waals surface area (Å²) in [6.07, 6.45) is 0. The third-order valence-electron chi connectivity index (χ3n) is 3.40. The predicted octanol–water partition coefficient (Wildman–Crippen LogP) is 2.96. The number of benzene rings is 2. The van der Waals surface area contributed by atoms with E-state index in [1.165, 1.54) is 49.6 Å². The molecule has 2 aromatic rings. The lowest BCUT2D eigenvalue weighted by molar-refractivity contribution is -0.385. The van der Waals surface area contributed by atoms with Crippen LogP contribution in [-0.2, 0) is 14.3 Å². The second kappa shape index (κ2) is 10.2. The number of nitro groups is 1. The highest BCUT2D eigenvalue weighted by Crippen LogP contribution is 2.33. The molecule has 0 fully saturated rings. The van der Waals surface area contributed by atoms with E-state index in [2.05, 4.69) is 5.32 Å². The van der Waals surface area contributed by atoms with E-state index in [1.54, 1.807) is 0 Å². The Morgan fingerprint density at radius 1 is 1.18 bits per heavy atom. The SMILES string of the molecule is COCCNC(=O)COC(=O)c1ccc(Oc2ccc(Cl)cc2[N+](=O)[O-])cc1. The van der Waals surface area contributed by atoms with Crippen LogP contribution in [0.25, 0.3) is 0 Å². The molecular formula is C18H17ClN2O7. The number of rotatable bonds is 9. The average Bonchev–Trinajstić information content (AvgIpc) is 2.68. The normalized spacial score (nSPS) is 10.2. The first-order chi connectivity index (χ1) is 13.4. The summed E-state index contributed by atoms with van der Waals surface area (Å²) in [5.41, 5.74) is -0.0851. The van der Waals surface area contributed by atoms with Crippen LogP contribution in [0.15, 0.2) is 42.5 Å². The predicted molar refractivity (Wildman–Crippen MR) is 99.8 cm³/mol. The fourth-order valence-electron chi connectivity index (χ4n) is 2.06. The van der Waals surface area contributed by atoms with E-state index in [1.807, 2.05) is 0 Å². The third-order valence-corrected chi connectivity index (χ3v) is 3.63. The van der Waals surface area contributed by atoms with Gasteiger partial charge in [0.1, 0.15) is 5.75 Å². The van der Waals surface area contributed by atoms with Crippen molar-refractivity contribution >= 4 is 29.2 Å². The van der Waals surface area contributed by atoms with Crippen LogP contribution in [-0.4, -0.2) is 43.7 Å². The number of carbonyl (C=O) groups excluding carboxylic acids is 2. The molecule has 0 saturated heterocycles. The highest BCUT2D eigenvalue weighted by atomic mass is 35.5. The van der Waals surface area contributed by atoms with E-state index in [4.69, 9.17) is 25.8 Å². The first kappa shape index (κ1) is 21.1. The van der Waals surface area contributed by atoms with E-state index in [-0.39, 0.29) is 27.8 Å². The molecule has 0 radical (unpaired) electrons. The number of esters is 1. The van der Waals surface area contributed by atoms with Crippen LogP contribution in [0.2, 0.25) is 5.02 Å². The first-order valence-electron chi connectivity index (χ1n) is 8.05. The number of hydrogen-bond donors (Lipinski definition) is 1. The number of nitrogens with zero attached hydrogens (tertiary/aromatic N) is 1. The average molecular weight is 409 g/mol. The molecule has 0 heterocycles. The first-order valence-corrected chi connectivity index (χ1v) is 8.43. The van der Waals surface area contributed by atoms with Crippen molar-refractivity contribution in [2.24, 2.45) is 0 Å². The number of nitro benzene ring substituents is 1. The van der Waals surface area contributed by atoms with Gasteiger partial charge in [-0.3, -0.25) is 14.9 Å². The van der Waals surface area contributed by atoms with Gasteiger partial charge in [-0.2, -0.15) is 0 Å². The Morgan fingerprint density at radius 2 is 1.89 bits per heavy atom. The molecule has 0 unspecified atom stereocenters. The summed E-state index contributed by atoms with van der Waals surface area (Å²) in [6, 6.07) is 9.77. The van der Waals surface area contributed by atoms with E-state index in [9.17, 15) is 19.7 Å². The summed E-state index contributed by atoms with van der Waals surface area (Å²) >= 11 is 5.76. The van der Waals surface area contributed by atoms with Gasteiger partial charge >= 0.3 is 11.7 Å². The quantitative estimate of drug-likeness (QED) is 0.293. The largest absolute Gasteiger partial charge is 0.452 e. The molecule has 0 bridgehead atoms. The Morgan fingerprint density at radius 3 is 2.54 bits per heavy atom. The molecule has 1 N–H and O–H groups in total. The number of methoxy groups -OCH3 is 1. The molecule has 2 aromatic carbocycles. The molecule has 28 heavy (non-hydrogen) atoms. The Bertz CT molecular complexity index is 856. The van der Waals surface area contributed by atoms with Gasteiger partial charge in [-0.15, -0.1) is 0 Å². The van der Waals surface area contributed by atoms with Crippen LogP contribution in [0.3, 0.4) is 0 Å². The van der Waals surface area contributed by atoms with Crippen molar-refractivity contribution in [2.75, 3.05) is 26.9 Å². The lowest BCUT2D eigenvalue weighted by Crippen LogP contribution is -2.31. The van der Waals surface area contributed by atoms with Crippen LogP contribution in [0.4, 0.5) is 5.69 Å². The van der Waals surface area contributed by atoms with Gasteiger partial charge in [0.05, 0.1) is 17.1 Å². The molecule has 2 rings (SSSR count). The van der Waals surface area contributed by atoms with Crippen molar-refractivity contribution in [1.29, 1.82) is 0 Å². The second-order valence-electron chi connectivity index (χ2n) is 5.41. The van der Waals surface area contributed by atoms with Gasteiger partial charge in [0.15, 0.2) is 6.61 Å². The highest BCUT2D eigenvalue weighted by Gasteiger charge is 2.17. The monoisotopic (exact) mass is 408 g/mol. The maximum atomic E-state index is 12.0. The van der Waals surface area contributed by atoms with Crippen LogP contribution in [0.5, 0.6) is 11.5 Å². The minimum absolute atomic E-state index is 0.0115. The van der Waals surface area contributed by atoms with Crippen molar-refractivity contribution in [3.8, 4) is 11.5 Å². The molecule has 0 spiro atoms. The van der Waals surface area contributed by atoms with E-state index < -0.39 is 23.4 Å². The van der Waals surface area contributed by atoms with Gasteiger partial charge < -0.3 is 19.5 Å². The smallest absolute Gasteiger partial charge is 0.338 e. The Kier molecular flexibility index (Phi) is 7.73. The van der Waals surface area contributed by atoms with Crippen molar-refractivity contribution in [1.82, 2.24) is 5.32 Å². The maximum absolute atomic E-state index is 12.0. The molecule has 0 saturated carbocycles. The summed E-state index contributed by atoms with van der Waals surface area (Å²) < 4.78 is 15.2. The number of nitrogens with one attached hydrogen (secondary N) is 1. The Hall–Kier alpha value is -3.17. The lowest BCUT2D eigenvalue weighted by Gasteiger charge is -2.08. The molecular weight excluding hydrogens is 392 g/mol. The molecule has 0 aliphatic rings. The number of carbonyl (C=O) groups is 2. The molecule has 1 amide bonds. The van der Waals surface area contributed by atoms with Crippen molar-refractivity contribution < 1.29 is 28.7 Å². The van der Waals surface area contributed by atoms with Gasteiger partial charge in [0.2, 0.25) is 5.75 Å². The van der Waals surface area contributed by atoms with Crippen LogP contribution < -0.4 is 10.1 Å². The summed E-state index contributed by atoms with van der Waals surface area (Å²) in [6.45, 7) is 0.250. The minimum Gasteiger partial charge on any atom is -0.452 e. The van der Waals surface area contributed by atoms with Gasteiger partial charge in [0.25, 0.3) is 5.91 Å². The number of hydrogen-bond acceptors (Lipinski definition) is 7. The van der Waals surface area contributed by atoms with Crippen molar-refractivity contribution in [3.63, 3.8) is 0 Å². The summed E-state index contributed by atoms with van der Waals surface area (Å²) in [4.78, 5) is 33.9. The van der Waals surface area contributed by atoms with Crippen molar-refractivity contribution in [3.05, 3.63) is 63.2 Å². The molecule has 0 aliphatic carbocycles. The van der Waals surface area contributed by atoms with Gasteiger partial charge in [-0.05, 0) is 36.4 Å². The third kappa shape index (κ3) is 6.22. The van der Waals surface area contributed by atoms with Gasteiger partial charge in [-0.25, -0.2) is 4.79 Å². The van der Waals surface area contributed by atoms with Gasteiger partial charge in [0, 0.05) is 24.7 Å². The van der Waals surface area contributed by atoms with Gasteiger partial charge in [-0.1, -0.05) is 11.6 Å². The molecule has 0 aromatic heterocycles. The molecule has 0 aliphatic heterocycles. The zero-order chi connectivity index (χ0) is 20.5. The number of amides is 1. The number of halogens is 1. The zero-order valence-electron chi connectivity index (χ0n) is 14.8. The summed E-state index contributed by atoms with van der Waals surface area (Å²) in [7, 11) is 1.50. The van der Waals surface area contributed by atoms with E-state index in [0.29, 0.717) is 13.2 Å². The maximum Gasteiger partial charge on any atom is 0.338 e. The minimum atomic E-state index is -0.689. The van der Waals surface area contributed by atoms with E-state index >= 15 is 0 Å². The topological polar surface area (TPSA) is 117 Å². The second-order valence-corrected chi connectivity index (χ2v) is 5.85. The van der Waals surface area contributed by atoms with Crippen LogP contribution >= 0.6 is 11.6 Å². The molecule has 0 atom stereocenters. The van der Waals surface area contributed by atoms with Crippen LogP contribution in [0, 0.1) is 10.1 Å². The highest BCUT2D eigenvalue weighted by molar-refractivity contribution is 6.30. The molecule has 9 nitrogen and oxygen atoms in total. The molecule has 148 valence electrons. The Balaban J connectivity index is 1.95. The Labute approximate surface area is 165 Å². The standard InChI is InChI=1S/C18H17ClN2O7/c1-26-9-8-20-17(22)11-27-18(23)12-2-5-14(6-3-12)28-16-7-4-13(19)10-15(16)21(24)25/h2-7,10H,8-9,11H2,1H3,(H,20,22). The molecule has 10 heteroatoms. The fraction of sp³-hybridized carbons (Fsp3) is 0.222. The fourth-order valence-corrected chi connectivity index (χ4v) is 2.23. The lowest BCUT2D eigenvalue weighted by atomic mass is 10.2. The summed E-state index contributed by atoms with van der Waals surface area (Å²) in [5.74, 6) is -0.844. The van der Waals surface area contributed by atoms with Crippen LogP contribution in [0.1, 0.15) is 10.4 Å². The van der Waals surface area contributed by atoms with Crippen molar-refractivity contribution in [2.45, 2.75) is 0 Å². The zero-order valence-corrected chi connectivity index (χ0v) is 15.6. The number of ether oxygens (including phenoxy) is 3. The van der Waals surface area contributed by atoms with E-state index in [0.717, 1.165) is 0 Å².